The molecular weight excluding hydrogens is 152 g/mol. The lowest BCUT2D eigenvalue weighted by Crippen LogP contribution is -1.99. The van der Waals surface area contributed by atoms with Gasteiger partial charge in [-0.3, -0.25) is 0 Å². The average Bonchev–Trinajstić information content (AvgIpc) is 2.16. The van der Waals surface area contributed by atoms with Gasteiger partial charge in [0.15, 0.2) is 0 Å². The molecule has 0 fully saturated rings. The van der Waals surface area contributed by atoms with Gasteiger partial charge >= 0.3 is 0 Å². The van der Waals surface area contributed by atoms with Crippen molar-refractivity contribution in [1.29, 1.82) is 0 Å². The SMILES string of the molecule is CCC(C)CO.CCC(O)CC. The summed E-state index contributed by atoms with van der Waals surface area (Å²) in [5.74, 6) is 0.491. The van der Waals surface area contributed by atoms with Crippen LogP contribution in [0.15, 0.2) is 0 Å². The molecule has 0 aromatic heterocycles. The van der Waals surface area contributed by atoms with Gasteiger partial charge in [0.2, 0.25) is 0 Å². The van der Waals surface area contributed by atoms with Gasteiger partial charge in [-0.05, 0) is 18.8 Å². The van der Waals surface area contributed by atoms with E-state index in [1.165, 1.54) is 0 Å². The fourth-order valence-electron chi connectivity index (χ4n) is 0.418. The van der Waals surface area contributed by atoms with Crippen LogP contribution in [0.3, 0.4) is 0 Å². The second-order valence-corrected chi connectivity index (χ2v) is 3.17. The van der Waals surface area contributed by atoms with Crippen molar-refractivity contribution in [2.45, 2.75) is 53.1 Å². The maximum Gasteiger partial charge on any atom is 0.0535 e. The first-order valence-electron chi connectivity index (χ1n) is 4.91. The molecule has 2 N–H and O–H groups in total. The molecule has 0 saturated carbocycles. The molecule has 0 spiro atoms. The molecule has 2 heteroatoms. The molecule has 0 aromatic carbocycles. The van der Waals surface area contributed by atoms with Crippen molar-refractivity contribution in [3.63, 3.8) is 0 Å². The number of aliphatic hydroxyl groups excluding tert-OH is 2. The van der Waals surface area contributed by atoms with E-state index in [9.17, 15) is 0 Å². The summed E-state index contributed by atoms with van der Waals surface area (Å²) in [6.45, 7) is 8.39. The van der Waals surface area contributed by atoms with E-state index in [1.54, 1.807) is 0 Å². The molecule has 0 aliphatic heterocycles. The standard InChI is InChI=1S/2C5H12O/c1-3-5(2)4-6;1-3-5(6)4-2/h2*5-6H,3-4H2,1-2H3. The van der Waals surface area contributed by atoms with Crippen LogP contribution in [0.1, 0.15) is 47.0 Å². The molecule has 1 unspecified atom stereocenters. The Morgan fingerprint density at radius 1 is 1.00 bits per heavy atom. The minimum atomic E-state index is -0.0648. The summed E-state index contributed by atoms with van der Waals surface area (Å²) in [5, 5.41) is 17.0. The third-order valence-electron chi connectivity index (χ3n) is 1.95. The largest absolute Gasteiger partial charge is 0.396 e. The van der Waals surface area contributed by atoms with E-state index in [-0.39, 0.29) is 6.10 Å². The smallest absolute Gasteiger partial charge is 0.0535 e. The van der Waals surface area contributed by atoms with E-state index < -0.39 is 0 Å². The Morgan fingerprint density at radius 2 is 1.42 bits per heavy atom. The predicted octanol–water partition coefficient (Wildman–Crippen LogP) is 2.19. The lowest BCUT2D eigenvalue weighted by molar-refractivity contribution is 0.166. The monoisotopic (exact) mass is 176 g/mol. The van der Waals surface area contributed by atoms with Gasteiger partial charge in [0.05, 0.1) is 6.10 Å². The van der Waals surface area contributed by atoms with Gasteiger partial charge in [-0.25, -0.2) is 0 Å². The van der Waals surface area contributed by atoms with Crippen LogP contribution in [0.5, 0.6) is 0 Å². The van der Waals surface area contributed by atoms with E-state index >= 15 is 0 Å². The summed E-state index contributed by atoms with van der Waals surface area (Å²) < 4.78 is 0. The molecule has 1 atom stereocenters. The summed E-state index contributed by atoms with van der Waals surface area (Å²) in [5.41, 5.74) is 0. The number of rotatable bonds is 4. The lowest BCUT2D eigenvalue weighted by Gasteiger charge is -1.98. The van der Waals surface area contributed by atoms with Crippen LogP contribution in [-0.4, -0.2) is 22.9 Å². The second-order valence-electron chi connectivity index (χ2n) is 3.17. The van der Waals surface area contributed by atoms with Crippen molar-refractivity contribution in [2.24, 2.45) is 5.92 Å². The third kappa shape index (κ3) is 12.6. The summed E-state index contributed by atoms with van der Waals surface area (Å²) in [7, 11) is 0. The fourth-order valence-corrected chi connectivity index (χ4v) is 0.418. The maximum atomic E-state index is 8.67. The van der Waals surface area contributed by atoms with E-state index in [0.29, 0.717) is 12.5 Å². The zero-order valence-corrected chi connectivity index (χ0v) is 8.88. The first-order chi connectivity index (χ1) is 5.62. The third-order valence-corrected chi connectivity index (χ3v) is 1.95. The highest BCUT2D eigenvalue weighted by Crippen LogP contribution is 1.95. The zero-order chi connectivity index (χ0) is 9.98. The first kappa shape index (κ1) is 14.4. The Balaban J connectivity index is 0. The van der Waals surface area contributed by atoms with E-state index in [0.717, 1.165) is 19.3 Å². The molecule has 12 heavy (non-hydrogen) atoms. The van der Waals surface area contributed by atoms with Crippen LogP contribution in [0, 0.1) is 5.92 Å². The topological polar surface area (TPSA) is 40.5 Å². The molecule has 0 aliphatic rings. The summed E-state index contributed by atoms with van der Waals surface area (Å²) >= 11 is 0. The van der Waals surface area contributed by atoms with Crippen LogP contribution in [0.2, 0.25) is 0 Å². The Hall–Kier alpha value is -0.0800. The van der Waals surface area contributed by atoms with E-state index in [4.69, 9.17) is 10.2 Å². The number of hydrogen-bond donors (Lipinski definition) is 2. The van der Waals surface area contributed by atoms with Gasteiger partial charge in [-0.1, -0.05) is 34.1 Å². The molecule has 0 aliphatic carbocycles. The summed E-state index contributed by atoms with van der Waals surface area (Å²) in [6, 6.07) is 0. The van der Waals surface area contributed by atoms with Crippen LogP contribution in [-0.2, 0) is 0 Å². The van der Waals surface area contributed by atoms with Gasteiger partial charge in [-0.2, -0.15) is 0 Å². The molecule has 76 valence electrons. The van der Waals surface area contributed by atoms with Crippen LogP contribution >= 0.6 is 0 Å². The van der Waals surface area contributed by atoms with Crippen LogP contribution < -0.4 is 0 Å². The van der Waals surface area contributed by atoms with Crippen molar-refractivity contribution >= 4 is 0 Å². The highest BCUT2D eigenvalue weighted by molar-refractivity contribution is 4.43. The Morgan fingerprint density at radius 3 is 1.42 bits per heavy atom. The average molecular weight is 176 g/mol. The summed E-state index contributed by atoms with van der Waals surface area (Å²) in [6.07, 6.45) is 2.79. The predicted molar refractivity (Wildman–Crippen MR) is 53.1 cm³/mol. The minimum Gasteiger partial charge on any atom is -0.396 e. The molecule has 0 amide bonds. The van der Waals surface area contributed by atoms with Gasteiger partial charge in [-0.15, -0.1) is 0 Å². The van der Waals surface area contributed by atoms with E-state index in [2.05, 4.69) is 6.92 Å². The zero-order valence-electron chi connectivity index (χ0n) is 8.88. The van der Waals surface area contributed by atoms with Crippen molar-refractivity contribution in [3.8, 4) is 0 Å². The highest BCUT2D eigenvalue weighted by atomic mass is 16.3. The summed E-state index contributed by atoms with van der Waals surface area (Å²) in [4.78, 5) is 0. The van der Waals surface area contributed by atoms with Crippen molar-refractivity contribution in [2.75, 3.05) is 6.61 Å². The van der Waals surface area contributed by atoms with Gasteiger partial charge in [0.25, 0.3) is 0 Å². The fraction of sp³-hybridized carbons (Fsp3) is 1.00. The molecule has 0 aromatic rings. The quantitative estimate of drug-likeness (QED) is 0.689. The molecule has 0 heterocycles. The Bertz CT molecular complexity index is 56.2. The van der Waals surface area contributed by atoms with Crippen molar-refractivity contribution in [3.05, 3.63) is 0 Å². The first-order valence-corrected chi connectivity index (χ1v) is 4.91. The highest BCUT2D eigenvalue weighted by Gasteiger charge is 1.90. The number of hydrogen-bond acceptors (Lipinski definition) is 2. The molecule has 0 rings (SSSR count). The molecule has 0 bridgehead atoms. The molecular formula is C10H24O2. The number of aliphatic hydroxyl groups is 2. The molecule has 0 saturated heterocycles. The van der Waals surface area contributed by atoms with Crippen molar-refractivity contribution < 1.29 is 10.2 Å². The Labute approximate surface area is 76.6 Å². The Kier molecular flexibility index (Phi) is 13.1. The molecule has 0 radical (unpaired) electrons. The van der Waals surface area contributed by atoms with Gasteiger partial charge in [0.1, 0.15) is 0 Å². The van der Waals surface area contributed by atoms with E-state index in [1.807, 2.05) is 20.8 Å². The van der Waals surface area contributed by atoms with Crippen LogP contribution in [0.25, 0.3) is 0 Å². The minimum absolute atomic E-state index is 0.0648. The lowest BCUT2D eigenvalue weighted by atomic mass is 10.1. The normalized spacial score (nSPS) is 12.2. The van der Waals surface area contributed by atoms with Gasteiger partial charge in [0, 0.05) is 6.61 Å². The van der Waals surface area contributed by atoms with Crippen LogP contribution in [0.4, 0.5) is 0 Å². The maximum absolute atomic E-state index is 8.67. The molecule has 2 nitrogen and oxygen atoms in total. The van der Waals surface area contributed by atoms with Gasteiger partial charge < -0.3 is 10.2 Å². The van der Waals surface area contributed by atoms with Crippen molar-refractivity contribution in [1.82, 2.24) is 0 Å². The second kappa shape index (κ2) is 10.9.